The van der Waals surface area contributed by atoms with E-state index in [-0.39, 0.29) is 52.1 Å². The Balaban J connectivity index is 1.65. The Kier molecular flexibility index (Phi) is 5.62. The van der Waals surface area contributed by atoms with E-state index in [4.69, 9.17) is 11.6 Å². The SMILES string of the molecule is O=C(Nc1cc(F)c2c3c1C(c1cc(F)ccc1Cl)NC(=O)N3CC2)c1cc(F)cc(C(F)(F)F)c1. The molecule has 0 bridgehead atoms. The van der Waals surface area contributed by atoms with E-state index < -0.39 is 52.7 Å². The lowest BCUT2D eigenvalue weighted by molar-refractivity contribution is -0.137. The summed E-state index contributed by atoms with van der Waals surface area (Å²) in [6.07, 6.45) is -4.74. The van der Waals surface area contributed by atoms with E-state index in [2.05, 4.69) is 10.6 Å². The zero-order valence-electron chi connectivity index (χ0n) is 17.9. The molecule has 3 aromatic rings. The second kappa shape index (κ2) is 8.44. The van der Waals surface area contributed by atoms with Gasteiger partial charge in [-0.25, -0.2) is 18.0 Å². The number of nitrogens with one attached hydrogen (secondary N) is 2. The molecule has 2 N–H and O–H groups in total. The van der Waals surface area contributed by atoms with Crippen molar-refractivity contribution in [3.63, 3.8) is 0 Å². The van der Waals surface area contributed by atoms with Crippen LogP contribution in [0, 0.1) is 17.5 Å². The monoisotopic (exact) mass is 525 g/mol. The summed E-state index contributed by atoms with van der Waals surface area (Å²) in [7, 11) is 0. The molecule has 186 valence electrons. The van der Waals surface area contributed by atoms with Crippen LogP contribution < -0.4 is 15.5 Å². The zero-order chi connectivity index (χ0) is 25.9. The Morgan fingerprint density at radius 3 is 2.53 bits per heavy atom. The highest BCUT2D eigenvalue weighted by Crippen LogP contribution is 2.47. The molecule has 0 radical (unpaired) electrons. The molecule has 5 rings (SSSR count). The average Bonchev–Trinajstić information content (AvgIpc) is 3.25. The summed E-state index contributed by atoms with van der Waals surface area (Å²) in [5.41, 5.74) is -1.63. The van der Waals surface area contributed by atoms with E-state index in [0.29, 0.717) is 12.1 Å². The van der Waals surface area contributed by atoms with Crippen molar-refractivity contribution >= 4 is 34.9 Å². The van der Waals surface area contributed by atoms with Gasteiger partial charge in [-0.2, -0.15) is 13.2 Å². The third-order valence-corrected chi connectivity index (χ3v) is 6.40. The van der Waals surface area contributed by atoms with Gasteiger partial charge in [0, 0.05) is 33.8 Å². The Hall–Kier alpha value is -3.73. The second-order valence-electron chi connectivity index (χ2n) is 8.28. The molecule has 0 saturated carbocycles. The Bertz CT molecular complexity index is 1440. The number of halogens is 7. The minimum absolute atomic E-state index is 0.0726. The van der Waals surface area contributed by atoms with Gasteiger partial charge >= 0.3 is 12.2 Å². The maximum absolute atomic E-state index is 15.0. The number of anilines is 2. The molecule has 1 unspecified atom stereocenters. The molecule has 2 aliphatic rings. The molecule has 0 saturated heterocycles. The molecule has 3 amide bonds. The summed E-state index contributed by atoms with van der Waals surface area (Å²) >= 11 is 6.26. The Morgan fingerprint density at radius 2 is 1.81 bits per heavy atom. The van der Waals surface area contributed by atoms with Crippen LogP contribution in [0.3, 0.4) is 0 Å². The fourth-order valence-corrected chi connectivity index (χ4v) is 4.72. The maximum Gasteiger partial charge on any atom is 0.416 e. The van der Waals surface area contributed by atoms with Crippen molar-refractivity contribution in [2.75, 3.05) is 16.8 Å². The van der Waals surface area contributed by atoms with Crippen LogP contribution in [0.1, 0.15) is 38.7 Å². The number of hydrogen-bond donors (Lipinski definition) is 2. The zero-order valence-corrected chi connectivity index (χ0v) is 18.7. The van der Waals surface area contributed by atoms with E-state index in [1.54, 1.807) is 0 Å². The first-order valence-corrected chi connectivity index (χ1v) is 10.9. The van der Waals surface area contributed by atoms with Crippen LogP contribution in [0.2, 0.25) is 5.02 Å². The molecule has 0 aromatic heterocycles. The average molecular weight is 526 g/mol. The lowest BCUT2D eigenvalue weighted by atomic mass is 9.91. The first-order valence-electron chi connectivity index (χ1n) is 10.5. The van der Waals surface area contributed by atoms with Gasteiger partial charge in [0.15, 0.2) is 0 Å². The normalized spacial score (nSPS) is 16.6. The minimum atomic E-state index is -4.91. The van der Waals surface area contributed by atoms with Crippen LogP contribution in [0.4, 0.5) is 42.5 Å². The quantitative estimate of drug-likeness (QED) is 0.400. The van der Waals surface area contributed by atoms with E-state index in [1.807, 2.05) is 0 Å². The van der Waals surface area contributed by atoms with Crippen LogP contribution in [0.15, 0.2) is 42.5 Å². The molecular weight excluding hydrogens is 512 g/mol. The van der Waals surface area contributed by atoms with Gasteiger partial charge in [0.2, 0.25) is 0 Å². The van der Waals surface area contributed by atoms with Gasteiger partial charge in [0.25, 0.3) is 5.91 Å². The van der Waals surface area contributed by atoms with Gasteiger partial charge in [-0.05, 0) is 48.9 Å². The second-order valence-corrected chi connectivity index (χ2v) is 8.68. The maximum atomic E-state index is 15.0. The number of alkyl halides is 3. The first kappa shape index (κ1) is 24.0. The molecule has 3 aromatic carbocycles. The molecule has 0 spiro atoms. The predicted octanol–water partition coefficient (Wildman–Crippen LogP) is 6.20. The predicted molar refractivity (Wildman–Crippen MR) is 119 cm³/mol. The summed E-state index contributed by atoms with van der Waals surface area (Å²) < 4.78 is 82.3. The van der Waals surface area contributed by atoms with Crippen molar-refractivity contribution in [3.8, 4) is 0 Å². The highest BCUT2D eigenvalue weighted by molar-refractivity contribution is 6.31. The summed E-state index contributed by atoms with van der Waals surface area (Å²) in [6, 6.07) is 3.97. The van der Waals surface area contributed by atoms with Crippen molar-refractivity contribution in [1.29, 1.82) is 0 Å². The van der Waals surface area contributed by atoms with Gasteiger partial charge in [-0.15, -0.1) is 0 Å². The largest absolute Gasteiger partial charge is 0.416 e. The molecule has 1 atom stereocenters. The van der Waals surface area contributed by atoms with Crippen molar-refractivity contribution < 1.29 is 35.9 Å². The summed E-state index contributed by atoms with van der Waals surface area (Å²) in [6.45, 7) is 0.130. The lowest BCUT2D eigenvalue weighted by Gasteiger charge is -2.35. The molecule has 12 heteroatoms. The number of rotatable bonds is 3. The topological polar surface area (TPSA) is 61.4 Å². The fraction of sp³-hybridized carbons (Fsp3) is 0.167. The molecule has 2 heterocycles. The summed E-state index contributed by atoms with van der Waals surface area (Å²) in [5.74, 6) is -3.88. The summed E-state index contributed by atoms with van der Waals surface area (Å²) in [5, 5.41) is 5.06. The van der Waals surface area contributed by atoms with Gasteiger partial charge < -0.3 is 10.6 Å². The van der Waals surface area contributed by atoms with Crippen LogP contribution in [-0.2, 0) is 12.6 Å². The third kappa shape index (κ3) is 4.02. The van der Waals surface area contributed by atoms with E-state index in [1.165, 1.54) is 11.0 Å². The number of amides is 3. The lowest BCUT2D eigenvalue weighted by Crippen LogP contribution is -2.46. The molecule has 0 aliphatic carbocycles. The van der Waals surface area contributed by atoms with Gasteiger partial charge in [0.1, 0.15) is 17.5 Å². The number of carbonyl (C=O) groups excluding carboxylic acids is 2. The van der Waals surface area contributed by atoms with Gasteiger partial charge in [-0.1, -0.05) is 11.6 Å². The number of urea groups is 1. The van der Waals surface area contributed by atoms with Crippen molar-refractivity contribution in [2.24, 2.45) is 0 Å². The highest BCUT2D eigenvalue weighted by Gasteiger charge is 2.41. The molecule has 36 heavy (non-hydrogen) atoms. The number of hydrogen-bond acceptors (Lipinski definition) is 2. The fourth-order valence-electron chi connectivity index (χ4n) is 4.50. The van der Waals surface area contributed by atoms with E-state index in [9.17, 15) is 35.9 Å². The van der Waals surface area contributed by atoms with E-state index in [0.717, 1.165) is 18.2 Å². The van der Waals surface area contributed by atoms with Crippen LogP contribution in [0.25, 0.3) is 0 Å². The first-order chi connectivity index (χ1) is 16.9. The van der Waals surface area contributed by atoms with Crippen LogP contribution in [-0.4, -0.2) is 18.5 Å². The van der Waals surface area contributed by atoms with Crippen molar-refractivity contribution in [2.45, 2.75) is 18.6 Å². The van der Waals surface area contributed by atoms with Crippen molar-refractivity contribution in [3.05, 3.63) is 92.8 Å². The summed E-state index contributed by atoms with van der Waals surface area (Å²) in [4.78, 5) is 26.9. The van der Waals surface area contributed by atoms with Gasteiger partial charge in [-0.3, -0.25) is 9.69 Å². The van der Waals surface area contributed by atoms with Crippen LogP contribution >= 0.6 is 11.6 Å². The standard InChI is InChI=1S/C24H14ClF6N3O2/c25-16-2-1-12(26)8-15(16)20-19-18(9-17(28)14-3-4-34(21(14)19)23(36)33-20)32-22(35)10-5-11(24(29,30)31)7-13(27)6-10/h1-2,5-9,20H,3-4H2,(H,32,35)(H,33,36). The van der Waals surface area contributed by atoms with Crippen molar-refractivity contribution in [1.82, 2.24) is 5.32 Å². The Labute approximate surface area is 204 Å². The molecule has 2 aliphatic heterocycles. The van der Waals surface area contributed by atoms with Crippen LogP contribution in [0.5, 0.6) is 0 Å². The third-order valence-electron chi connectivity index (χ3n) is 6.05. The smallest absolute Gasteiger partial charge is 0.327 e. The Morgan fingerprint density at radius 1 is 1.06 bits per heavy atom. The number of nitrogens with zero attached hydrogens (tertiary/aromatic N) is 1. The molecule has 5 nitrogen and oxygen atoms in total. The number of benzene rings is 3. The highest BCUT2D eigenvalue weighted by atomic mass is 35.5. The van der Waals surface area contributed by atoms with Gasteiger partial charge in [0.05, 0.1) is 23.0 Å². The number of carbonyl (C=O) groups is 2. The van der Waals surface area contributed by atoms with E-state index >= 15 is 0 Å². The molecule has 0 fully saturated rings. The molecular formula is C24H14ClF6N3O2. The minimum Gasteiger partial charge on any atom is -0.327 e.